The number of aryl methyl sites for hydroxylation is 1. The molecule has 0 atom stereocenters. The van der Waals surface area contributed by atoms with Crippen LogP contribution in [-0.2, 0) is 19.6 Å². The highest BCUT2D eigenvalue weighted by atomic mass is 32.1. The molecule has 3 rings (SSSR count). The third-order valence-electron chi connectivity index (χ3n) is 4.40. The highest BCUT2D eigenvalue weighted by Crippen LogP contribution is 2.14. The van der Waals surface area contributed by atoms with Gasteiger partial charge in [-0.3, -0.25) is 9.80 Å². The summed E-state index contributed by atoms with van der Waals surface area (Å²) >= 11 is 5.61. The van der Waals surface area contributed by atoms with E-state index in [1.807, 2.05) is 4.68 Å². The minimum atomic E-state index is 0.756. The Labute approximate surface area is 131 Å². The van der Waals surface area contributed by atoms with Crippen molar-refractivity contribution in [2.24, 2.45) is 0 Å². The molecule has 21 heavy (non-hydrogen) atoms. The summed E-state index contributed by atoms with van der Waals surface area (Å²) in [7, 11) is 0. The molecule has 5 nitrogen and oxygen atoms in total. The van der Waals surface area contributed by atoms with Crippen LogP contribution in [-0.4, -0.2) is 56.9 Å². The van der Waals surface area contributed by atoms with Crippen LogP contribution in [0.25, 0.3) is 0 Å². The average Bonchev–Trinajstić information content (AvgIpc) is 2.68. The van der Waals surface area contributed by atoms with Gasteiger partial charge in [-0.25, -0.2) is 4.68 Å². The fourth-order valence-electron chi connectivity index (χ4n) is 3.12. The third-order valence-corrected chi connectivity index (χ3v) is 4.83. The number of nitrogens with zero attached hydrogens (tertiary/aromatic N) is 5. The average molecular weight is 305 g/mol. The first-order valence-corrected chi connectivity index (χ1v) is 8.23. The van der Waals surface area contributed by atoms with E-state index in [1.165, 1.54) is 25.1 Å². The quantitative estimate of drug-likeness (QED) is 0.623. The molecule has 0 radical (unpaired) electrons. The summed E-state index contributed by atoms with van der Waals surface area (Å²) in [6.07, 6.45) is 10.2. The van der Waals surface area contributed by atoms with Crippen LogP contribution < -0.4 is 0 Å². The van der Waals surface area contributed by atoms with Crippen molar-refractivity contribution >= 4 is 12.2 Å². The zero-order chi connectivity index (χ0) is 14.7. The summed E-state index contributed by atoms with van der Waals surface area (Å²) in [6.45, 7) is 6.73. The Morgan fingerprint density at radius 2 is 1.81 bits per heavy atom. The van der Waals surface area contributed by atoms with E-state index >= 15 is 0 Å². The Morgan fingerprint density at radius 1 is 1.05 bits per heavy atom. The maximum Gasteiger partial charge on any atom is 0.199 e. The van der Waals surface area contributed by atoms with E-state index in [9.17, 15) is 0 Å². The molecule has 0 bridgehead atoms. The molecular formula is C15H23N5S. The van der Waals surface area contributed by atoms with Gasteiger partial charge in [0.05, 0.1) is 13.2 Å². The number of terminal acetylenes is 1. The van der Waals surface area contributed by atoms with Gasteiger partial charge < -0.3 is 4.57 Å². The second kappa shape index (κ2) is 6.73. The number of hydrogen-bond donors (Lipinski definition) is 0. The highest BCUT2D eigenvalue weighted by molar-refractivity contribution is 7.71. The first kappa shape index (κ1) is 14.8. The van der Waals surface area contributed by atoms with Crippen molar-refractivity contribution in [2.75, 3.05) is 32.7 Å². The predicted octanol–water partition coefficient (Wildman–Crippen LogP) is 1.35. The Morgan fingerprint density at radius 3 is 2.57 bits per heavy atom. The summed E-state index contributed by atoms with van der Waals surface area (Å²) in [6, 6.07) is 0. The number of hydrogen-bond acceptors (Lipinski definition) is 4. The van der Waals surface area contributed by atoms with Crippen molar-refractivity contribution in [1.82, 2.24) is 24.1 Å². The largest absolute Gasteiger partial charge is 0.304 e. The van der Waals surface area contributed by atoms with E-state index in [0.29, 0.717) is 0 Å². The first-order valence-electron chi connectivity index (χ1n) is 7.82. The highest BCUT2D eigenvalue weighted by Gasteiger charge is 2.19. The zero-order valence-electron chi connectivity index (χ0n) is 12.5. The second-order valence-corrected chi connectivity index (χ2v) is 6.27. The van der Waals surface area contributed by atoms with Crippen molar-refractivity contribution in [1.29, 1.82) is 0 Å². The van der Waals surface area contributed by atoms with Crippen LogP contribution in [0.5, 0.6) is 0 Å². The second-order valence-electron chi connectivity index (χ2n) is 5.90. The molecule has 0 aromatic carbocycles. The number of rotatable bonds is 3. The van der Waals surface area contributed by atoms with Gasteiger partial charge in [0.25, 0.3) is 0 Å². The van der Waals surface area contributed by atoms with Gasteiger partial charge in [-0.05, 0) is 25.1 Å². The van der Waals surface area contributed by atoms with Gasteiger partial charge in [0.2, 0.25) is 0 Å². The summed E-state index contributed by atoms with van der Waals surface area (Å²) in [5.41, 5.74) is 0. The van der Waals surface area contributed by atoms with Crippen molar-refractivity contribution in [3.05, 3.63) is 10.6 Å². The molecule has 2 aliphatic rings. The topological polar surface area (TPSA) is 29.2 Å². The molecule has 1 aromatic rings. The molecular weight excluding hydrogens is 282 g/mol. The number of piperazine rings is 1. The van der Waals surface area contributed by atoms with Crippen LogP contribution in [0.2, 0.25) is 0 Å². The molecule has 2 aliphatic heterocycles. The summed E-state index contributed by atoms with van der Waals surface area (Å²) in [5, 5.41) is 4.75. The minimum Gasteiger partial charge on any atom is -0.304 e. The fourth-order valence-corrected chi connectivity index (χ4v) is 3.42. The van der Waals surface area contributed by atoms with E-state index in [1.54, 1.807) is 0 Å². The monoisotopic (exact) mass is 305 g/mol. The molecule has 1 saturated heterocycles. The Kier molecular flexibility index (Phi) is 4.73. The van der Waals surface area contributed by atoms with Gasteiger partial charge in [-0.15, -0.1) is 6.42 Å². The maximum atomic E-state index is 5.61. The van der Waals surface area contributed by atoms with E-state index in [0.717, 1.165) is 57.1 Å². The molecule has 0 aliphatic carbocycles. The number of aromatic nitrogens is 3. The Bertz CT molecular complexity index is 574. The summed E-state index contributed by atoms with van der Waals surface area (Å²) in [4.78, 5) is 4.73. The first-order chi connectivity index (χ1) is 10.3. The zero-order valence-corrected chi connectivity index (χ0v) is 13.3. The smallest absolute Gasteiger partial charge is 0.199 e. The van der Waals surface area contributed by atoms with E-state index in [2.05, 4.69) is 20.3 Å². The normalized spacial score (nSPS) is 20.7. The lowest BCUT2D eigenvalue weighted by atomic mass is 10.2. The van der Waals surface area contributed by atoms with Crippen LogP contribution in [0, 0.1) is 17.1 Å². The molecule has 6 heteroatoms. The molecule has 1 fully saturated rings. The van der Waals surface area contributed by atoms with Crippen LogP contribution in [0.4, 0.5) is 0 Å². The van der Waals surface area contributed by atoms with Crippen molar-refractivity contribution < 1.29 is 0 Å². The predicted molar refractivity (Wildman–Crippen MR) is 85.5 cm³/mol. The van der Waals surface area contributed by atoms with Gasteiger partial charge in [0, 0.05) is 39.1 Å². The van der Waals surface area contributed by atoms with Gasteiger partial charge in [0.15, 0.2) is 4.77 Å². The molecule has 3 heterocycles. The fraction of sp³-hybridized carbons (Fsp3) is 0.733. The van der Waals surface area contributed by atoms with E-state index in [4.69, 9.17) is 23.7 Å². The maximum absolute atomic E-state index is 5.61. The molecule has 0 N–H and O–H groups in total. The third kappa shape index (κ3) is 3.37. The minimum absolute atomic E-state index is 0.756. The van der Waals surface area contributed by atoms with Crippen LogP contribution in [0.3, 0.4) is 0 Å². The molecule has 0 spiro atoms. The van der Waals surface area contributed by atoms with Crippen LogP contribution >= 0.6 is 12.2 Å². The SMILES string of the molecule is C#CCN1CCN(Cn2nc3n(c2=S)CCCCC3)CC1. The molecule has 0 unspecified atom stereocenters. The van der Waals surface area contributed by atoms with Gasteiger partial charge in [0.1, 0.15) is 5.82 Å². The van der Waals surface area contributed by atoms with Crippen LogP contribution in [0.15, 0.2) is 0 Å². The van der Waals surface area contributed by atoms with E-state index in [-0.39, 0.29) is 0 Å². The summed E-state index contributed by atoms with van der Waals surface area (Å²) in [5.74, 6) is 3.89. The van der Waals surface area contributed by atoms with Crippen molar-refractivity contribution in [3.8, 4) is 12.3 Å². The molecule has 0 amide bonds. The van der Waals surface area contributed by atoms with E-state index < -0.39 is 0 Å². The molecule has 114 valence electrons. The number of fused-ring (bicyclic) bond motifs is 1. The van der Waals surface area contributed by atoms with Gasteiger partial charge in [-0.1, -0.05) is 12.3 Å². The van der Waals surface area contributed by atoms with Crippen molar-refractivity contribution in [3.63, 3.8) is 0 Å². The van der Waals surface area contributed by atoms with Crippen molar-refractivity contribution in [2.45, 2.75) is 38.9 Å². The Hall–Kier alpha value is -1.16. The molecule has 1 aromatic heterocycles. The van der Waals surface area contributed by atoms with Gasteiger partial charge in [-0.2, -0.15) is 5.10 Å². The lowest BCUT2D eigenvalue weighted by Gasteiger charge is -2.33. The molecule has 0 saturated carbocycles. The lowest BCUT2D eigenvalue weighted by molar-refractivity contribution is 0.111. The lowest BCUT2D eigenvalue weighted by Crippen LogP contribution is -2.46. The standard InChI is InChI=1S/C15H23N5S/c1-2-7-17-9-11-18(12-10-17)13-20-15(21)19-8-5-3-4-6-14(19)16-20/h1H,3-13H2. The van der Waals surface area contributed by atoms with Crippen LogP contribution in [0.1, 0.15) is 25.1 Å². The Balaban J connectivity index is 1.64. The van der Waals surface area contributed by atoms with Gasteiger partial charge >= 0.3 is 0 Å². The summed E-state index contributed by atoms with van der Waals surface area (Å²) < 4.78 is 5.13.